The molecule has 0 atom stereocenters. The second-order valence-electron chi connectivity index (χ2n) is 11.6. The Balaban J connectivity index is 1.31. The number of hydrogen-bond acceptors (Lipinski definition) is 3. The van der Waals surface area contributed by atoms with Crippen molar-refractivity contribution in [2.45, 2.75) is 0 Å². The average Bonchev–Trinajstić information content (AvgIpc) is 3.69. The van der Waals surface area contributed by atoms with E-state index in [4.69, 9.17) is 4.42 Å². The SMILES string of the molecule is N#Cc1cc(-c2c(-c3ccc4oc5ccccc5c4c3)cccc2-c2ccc3sc4ccccc4c3c2)ccc1-c1ccccc1. The molecular weight excluding hydrogens is 579 g/mol. The molecule has 2 nitrogen and oxygen atoms in total. The van der Waals surface area contributed by atoms with Gasteiger partial charge in [-0.3, -0.25) is 0 Å². The van der Waals surface area contributed by atoms with E-state index in [1.165, 1.54) is 20.2 Å². The van der Waals surface area contributed by atoms with Crippen LogP contribution in [-0.4, -0.2) is 0 Å². The first-order valence-corrected chi connectivity index (χ1v) is 16.1. The number of nitriles is 1. The van der Waals surface area contributed by atoms with Gasteiger partial charge in [-0.1, -0.05) is 109 Å². The summed E-state index contributed by atoms with van der Waals surface area (Å²) in [6, 6.07) is 55.5. The first-order valence-electron chi connectivity index (χ1n) is 15.3. The maximum atomic E-state index is 10.4. The zero-order chi connectivity index (χ0) is 30.6. The highest BCUT2D eigenvalue weighted by atomic mass is 32.1. The second kappa shape index (κ2) is 10.6. The Morgan fingerprint density at radius 1 is 0.435 bits per heavy atom. The molecule has 0 aliphatic heterocycles. The van der Waals surface area contributed by atoms with E-state index in [2.05, 4.69) is 127 Å². The van der Waals surface area contributed by atoms with Gasteiger partial charge in [0.2, 0.25) is 0 Å². The number of para-hydroxylation sites is 1. The van der Waals surface area contributed by atoms with E-state index in [0.717, 1.165) is 66.4 Å². The topological polar surface area (TPSA) is 36.9 Å². The predicted octanol–water partition coefficient (Wildman–Crippen LogP) is 12.5. The molecule has 3 heteroatoms. The molecule has 214 valence electrons. The maximum Gasteiger partial charge on any atom is 0.135 e. The number of furan rings is 1. The zero-order valence-electron chi connectivity index (χ0n) is 24.7. The van der Waals surface area contributed by atoms with Crippen LogP contribution in [0.25, 0.3) is 86.6 Å². The van der Waals surface area contributed by atoms with Crippen LogP contribution in [0.4, 0.5) is 0 Å². The van der Waals surface area contributed by atoms with Gasteiger partial charge in [0.05, 0.1) is 11.6 Å². The van der Waals surface area contributed by atoms with Crippen LogP contribution in [0.2, 0.25) is 0 Å². The van der Waals surface area contributed by atoms with Gasteiger partial charge in [-0.05, 0) is 87.0 Å². The molecule has 0 N–H and O–H groups in total. The molecule has 0 fully saturated rings. The highest BCUT2D eigenvalue weighted by Crippen LogP contribution is 2.44. The number of nitrogens with zero attached hydrogens (tertiary/aromatic N) is 1. The van der Waals surface area contributed by atoms with Gasteiger partial charge < -0.3 is 4.42 Å². The van der Waals surface area contributed by atoms with Crippen molar-refractivity contribution in [1.82, 2.24) is 0 Å². The van der Waals surface area contributed by atoms with Crippen LogP contribution in [0.1, 0.15) is 5.56 Å². The molecule has 2 aromatic heterocycles. The Hall–Kier alpha value is -5.95. The van der Waals surface area contributed by atoms with Crippen LogP contribution in [-0.2, 0) is 0 Å². The molecule has 0 radical (unpaired) electrons. The smallest absolute Gasteiger partial charge is 0.135 e. The van der Waals surface area contributed by atoms with Crippen molar-refractivity contribution < 1.29 is 4.42 Å². The van der Waals surface area contributed by atoms with Crippen molar-refractivity contribution in [3.63, 3.8) is 0 Å². The summed E-state index contributed by atoms with van der Waals surface area (Å²) < 4.78 is 8.74. The molecule has 0 saturated carbocycles. The van der Waals surface area contributed by atoms with Crippen molar-refractivity contribution in [2.24, 2.45) is 0 Å². The number of hydrogen-bond donors (Lipinski definition) is 0. The van der Waals surface area contributed by atoms with Crippen LogP contribution in [0.5, 0.6) is 0 Å². The van der Waals surface area contributed by atoms with Crippen molar-refractivity contribution in [3.8, 4) is 50.6 Å². The molecular formula is C43H25NOS. The molecule has 0 bridgehead atoms. The number of fused-ring (bicyclic) bond motifs is 6. The minimum absolute atomic E-state index is 0.653. The lowest BCUT2D eigenvalue weighted by atomic mass is 9.85. The van der Waals surface area contributed by atoms with Crippen LogP contribution in [0, 0.1) is 11.3 Å². The summed E-state index contributed by atoms with van der Waals surface area (Å²) in [5, 5.41) is 15.1. The molecule has 0 aliphatic rings. The van der Waals surface area contributed by atoms with Gasteiger partial charge in [0.15, 0.2) is 0 Å². The molecule has 9 rings (SSSR count). The summed E-state index contributed by atoms with van der Waals surface area (Å²) in [4.78, 5) is 0. The summed E-state index contributed by atoms with van der Waals surface area (Å²) >= 11 is 1.83. The third-order valence-electron chi connectivity index (χ3n) is 8.95. The van der Waals surface area contributed by atoms with Crippen LogP contribution in [0.3, 0.4) is 0 Å². The maximum absolute atomic E-state index is 10.4. The lowest BCUT2D eigenvalue weighted by Gasteiger charge is -2.18. The van der Waals surface area contributed by atoms with E-state index in [1.54, 1.807) is 0 Å². The van der Waals surface area contributed by atoms with Crippen molar-refractivity contribution in [3.05, 3.63) is 157 Å². The summed E-state index contributed by atoms with van der Waals surface area (Å²) in [5.41, 5.74) is 11.0. The molecule has 0 aliphatic carbocycles. The van der Waals surface area contributed by atoms with E-state index >= 15 is 0 Å². The zero-order valence-corrected chi connectivity index (χ0v) is 25.5. The quantitative estimate of drug-likeness (QED) is 0.201. The first-order chi connectivity index (χ1) is 22.7. The molecule has 9 aromatic rings. The third kappa shape index (κ3) is 4.24. The van der Waals surface area contributed by atoms with Gasteiger partial charge in [-0.2, -0.15) is 5.26 Å². The summed E-state index contributed by atoms with van der Waals surface area (Å²) in [6.45, 7) is 0. The fourth-order valence-corrected chi connectivity index (χ4v) is 7.88. The fourth-order valence-electron chi connectivity index (χ4n) is 6.79. The molecule has 0 amide bonds. The Morgan fingerprint density at radius 3 is 1.91 bits per heavy atom. The summed E-state index contributed by atoms with van der Waals surface area (Å²) in [5.74, 6) is 0. The Kier molecular flexibility index (Phi) is 6.09. The standard InChI is InChI=1S/C43H25NOS/c44-26-31-23-30(17-20-32(31)27-9-2-1-3-10-27)43-33(28-18-21-40-37(24-28)35-11-4-6-15-39(35)45-40)13-8-14-34(43)29-19-22-42-38(25-29)36-12-5-7-16-41(36)46-42/h1-25H. The number of benzene rings is 7. The Bertz CT molecular complexity index is 2520. The summed E-state index contributed by atoms with van der Waals surface area (Å²) in [6.07, 6.45) is 0. The van der Waals surface area contributed by atoms with E-state index < -0.39 is 0 Å². The largest absolute Gasteiger partial charge is 0.456 e. The molecule has 0 unspecified atom stereocenters. The number of rotatable bonds is 4. The van der Waals surface area contributed by atoms with Gasteiger partial charge in [0.25, 0.3) is 0 Å². The second-order valence-corrected chi connectivity index (χ2v) is 12.7. The highest BCUT2D eigenvalue weighted by molar-refractivity contribution is 7.25. The van der Waals surface area contributed by atoms with E-state index in [9.17, 15) is 5.26 Å². The van der Waals surface area contributed by atoms with Crippen LogP contribution >= 0.6 is 11.3 Å². The lowest BCUT2D eigenvalue weighted by molar-refractivity contribution is 0.669. The van der Waals surface area contributed by atoms with E-state index in [-0.39, 0.29) is 0 Å². The Morgan fingerprint density at radius 2 is 1.09 bits per heavy atom. The van der Waals surface area contributed by atoms with Gasteiger partial charge in [0, 0.05) is 30.9 Å². The van der Waals surface area contributed by atoms with Gasteiger partial charge in [-0.25, -0.2) is 0 Å². The monoisotopic (exact) mass is 603 g/mol. The molecule has 0 saturated heterocycles. The average molecular weight is 604 g/mol. The molecule has 2 heterocycles. The minimum atomic E-state index is 0.653. The predicted molar refractivity (Wildman–Crippen MR) is 193 cm³/mol. The fraction of sp³-hybridized carbons (Fsp3) is 0. The molecule has 0 spiro atoms. The minimum Gasteiger partial charge on any atom is -0.456 e. The van der Waals surface area contributed by atoms with Crippen LogP contribution < -0.4 is 0 Å². The highest BCUT2D eigenvalue weighted by Gasteiger charge is 2.18. The Labute approximate surface area is 270 Å². The van der Waals surface area contributed by atoms with Crippen molar-refractivity contribution in [2.75, 3.05) is 0 Å². The van der Waals surface area contributed by atoms with E-state index in [0.29, 0.717) is 5.56 Å². The normalized spacial score (nSPS) is 11.5. The van der Waals surface area contributed by atoms with E-state index in [1.807, 2.05) is 41.7 Å². The van der Waals surface area contributed by atoms with Gasteiger partial charge in [-0.15, -0.1) is 11.3 Å². The van der Waals surface area contributed by atoms with Gasteiger partial charge in [0.1, 0.15) is 11.2 Å². The first kappa shape index (κ1) is 26.5. The van der Waals surface area contributed by atoms with Crippen LogP contribution in [0.15, 0.2) is 156 Å². The summed E-state index contributed by atoms with van der Waals surface area (Å²) in [7, 11) is 0. The van der Waals surface area contributed by atoms with Gasteiger partial charge >= 0.3 is 0 Å². The third-order valence-corrected chi connectivity index (χ3v) is 10.1. The van der Waals surface area contributed by atoms with Crippen molar-refractivity contribution >= 4 is 53.4 Å². The lowest BCUT2D eigenvalue weighted by Crippen LogP contribution is -1.93. The molecule has 46 heavy (non-hydrogen) atoms. The molecule has 7 aromatic carbocycles. The number of thiophene rings is 1. The van der Waals surface area contributed by atoms with Crippen molar-refractivity contribution in [1.29, 1.82) is 5.26 Å².